The molecule has 2 aliphatic heterocycles. The normalized spacial score (nSPS) is 24.3. The Bertz CT molecular complexity index is 586. The van der Waals surface area contributed by atoms with Crippen molar-refractivity contribution >= 4 is 11.8 Å². The van der Waals surface area contributed by atoms with E-state index in [0.29, 0.717) is 18.0 Å². The lowest BCUT2D eigenvalue weighted by Gasteiger charge is -2.39. The van der Waals surface area contributed by atoms with Gasteiger partial charge < -0.3 is 9.80 Å². The van der Waals surface area contributed by atoms with Crippen molar-refractivity contribution in [2.45, 2.75) is 38.5 Å². The molecule has 1 saturated carbocycles. The summed E-state index contributed by atoms with van der Waals surface area (Å²) in [5.74, 6) is 1.08. The van der Waals surface area contributed by atoms with Gasteiger partial charge in [-0.2, -0.15) is 5.10 Å². The van der Waals surface area contributed by atoms with Gasteiger partial charge in [0.05, 0.1) is 0 Å². The summed E-state index contributed by atoms with van der Waals surface area (Å²) in [6.07, 6.45) is 8.02. The Morgan fingerprint density at radius 2 is 2.13 bits per heavy atom. The van der Waals surface area contributed by atoms with Crippen LogP contribution in [-0.4, -0.2) is 58.0 Å². The predicted octanol–water partition coefficient (Wildman–Crippen LogP) is 1.66. The van der Waals surface area contributed by atoms with E-state index in [9.17, 15) is 9.59 Å². The van der Waals surface area contributed by atoms with Gasteiger partial charge in [0.25, 0.3) is 5.91 Å². The number of carbonyl (C=O) groups excluding carboxylic acids is 2. The van der Waals surface area contributed by atoms with Gasteiger partial charge >= 0.3 is 0 Å². The number of piperidine rings is 1. The maximum Gasteiger partial charge on any atom is 0.271 e. The molecule has 1 aliphatic carbocycles. The number of aromatic amines is 1. The zero-order valence-electron chi connectivity index (χ0n) is 13.5. The van der Waals surface area contributed by atoms with Crippen LogP contribution in [0.2, 0.25) is 0 Å². The summed E-state index contributed by atoms with van der Waals surface area (Å²) in [6, 6.07) is 1.71. The molecule has 1 aromatic heterocycles. The molecular formula is C17H24N4O2. The minimum atomic E-state index is 0.0213. The van der Waals surface area contributed by atoms with E-state index in [4.69, 9.17) is 0 Å². The SMILES string of the molecule is O=C1CC2(CCN(C(=O)c3ccn[nH]3)CC2)CN1CC1CCC1. The van der Waals surface area contributed by atoms with Crippen LogP contribution in [0, 0.1) is 11.3 Å². The van der Waals surface area contributed by atoms with Gasteiger partial charge in [0.15, 0.2) is 0 Å². The molecule has 124 valence electrons. The third-order valence-electron chi connectivity index (χ3n) is 5.95. The van der Waals surface area contributed by atoms with Crippen molar-refractivity contribution in [3.8, 4) is 0 Å². The molecular weight excluding hydrogens is 292 g/mol. The highest BCUT2D eigenvalue weighted by Crippen LogP contribution is 2.42. The summed E-state index contributed by atoms with van der Waals surface area (Å²) in [6.45, 7) is 3.33. The van der Waals surface area contributed by atoms with Crippen LogP contribution in [0.4, 0.5) is 0 Å². The van der Waals surface area contributed by atoms with Crippen LogP contribution in [0.25, 0.3) is 0 Å². The molecule has 0 atom stereocenters. The van der Waals surface area contributed by atoms with E-state index in [-0.39, 0.29) is 11.3 Å². The highest BCUT2D eigenvalue weighted by Gasteiger charge is 2.46. The molecule has 0 unspecified atom stereocenters. The number of nitrogens with zero attached hydrogens (tertiary/aromatic N) is 3. The minimum Gasteiger partial charge on any atom is -0.342 e. The zero-order chi connectivity index (χ0) is 15.9. The van der Waals surface area contributed by atoms with Gasteiger partial charge in [-0.15, -0.1) is 0 Å². The summed E-state index contributed by atoms with van der Waals surface area (Å²) < 4.78 is 0. The van der Waals surface area contributed by atoms with E-state index in [1.807, 2.05) is 4.90 Å². The zero-order valence-corrected chi connectivity index (χ0v) is 13.5. The molecule has 3 fully saturated rings. The highest BCUT2D eigenvalue weighted by atomic mass is 16.2. The number of hydrogen-bond acceptors (Lipinski definition) is 3. The van der Waals surface area contributed by atoms with E-state index in [2.05, 4.69) is 15.1 Å². The molecule has 6 heteroatoms. The fraction of sp³-hybridized carbons (Fsp3) is 0.706. The van der Waals surface area contributed by atoms with Gasteiger partial charge in [-0.1, -0.05) is 6.42 Å². The van der Waals surface area contributed by atoms with Crippen molar-refractivity contribution in [3.63, 3.8) is 0 Å². The van der Waals surface area contributed by atoms with Crippen molar-refractivity contribution in [3.05, 3.63) is 18.0 Å². The number of carbonyl (C=O) groups is 2. The Balaban J connectivity index is 1.35. The molecule has 0 aromatic carbocycles. The molecule has 1 spiro atoms. The highest BCUT2D eigenvalue weighted by molar-refractivity contribution is 5.92. The molecule has 2 saturated heterocycles. The molecule has 1 N–H and O–H groups in total. The largest absolute Gasteiger partial charge is 0.342 e. The number of likely N-dealkylation sites (tertiary alicyclic amines) is 2. The first-order chi connectivity index (χ1) is 11.2. The summed E-state index contributed by atoms with van der Waals surface area (Å²) in [5.41, 5.74) is 0.654. The van der Waals surface area contributed by atoms with Crippen LogP contribution in [-0.2, 0) is 4.79 Å². The second-order valence-electron chi connectivity index (χ2n) is 7.51. The van der Waals surface area contributed by atoms with E-state index in [1.54, 1.807) is 12.3 Å². The molecule has 3 aliphatic rings. The first-order valence-corrected chi connectivity index (χ1v) is 8.72. The maximum absolute atomic E-state index is 12.4. The number of aromatic nitrogens is 2. The average Bonchev–Trinajstić information content (AvgIpc) is 3.12. The average molecular weight is 316 g/mol. The Kier molecular flexibility index (Phi) is 3.62. The number of nitrogens with one attached hydrogen (secondary N) is 1. The Hall–Kier alpha value is -1.85. The van der Waals surface area contributed by atoms with Gasteiger partial charge in [0, 0.05) is 44.2 Å². The standard InChI is InChI=1S/C17H24N4O2/c22-15-10-17(12-21(15)11-13-2-1-3-13)5-8-20(9-6-17)16(23)14-4-7-18-19-14/h4,7,13H,1-3,5-6,8-12H2,(H,18,19). The van der Waals surface area contributed by atoms with Crippen LogP contribution < -0.4 is 0 Å². The van der Waals surface area contributed by atoms with Crippen LogP contribution in [0.1, 0.15) is 49.0 Å². The van der Waals surface area contributed by atoms with Gasteiger partial charge in [0.2, 0.25) is 5.91 Å². The fourth-order valence-corrected chi connectivity index (χ4v) is 4.20. The third-order valence-corrected chi connectivity index (χ3v) is 5.95. The lowest BCUT2D eigenvalue weighted by molar-refractivity contribution is -0.128. The van der Waals surface area contributed by atoms with Crippen molar-refractivity contribution < 1.29 is 9.59 Å². The maximum atomic E-state index is 12.4. The lowest BCUT2D eigenvalue weighted by Crippen LogP contribution is -2.44. The fourth-order valence-electron chi connectivity index (χ4n) is 4.20. The van der Waals surface area contributed by atoms with Gasteiger partial charge in [-0.3, -0.25) is 14.7 Å². The van der Waals surface area contributed by atoms with Crippen molar-refractivity contribution in [1.29, 1.82) is 0 Å². The van der Waals surface area contributed by atoms with E-state index in [0.717, 1.165) is 44.9 Å². The molecule has 6 nitrogen and oxygen atoms in total. The molecule has 0 bridgehead atoms. The Morgan fingerprint density at radius 1 is 1.35 bits per heavy atom. The Morgan fingerprint density at radius 3 is 2.74 bits per heavy atom. The van der Waals surface area contributed by atoms with Crippen LogP contribution in [0.15, 0.2) is 12.3 Å². The number of amides is 2. The van der Waals surface area contributed by atoms with E-state index >= 15 is 0 Å². The van der Waals surface area contributed by atoms with Gasteiger partial charge in [0.1, 0.15) is 5.69 Å². The Labute approximate surface area is 136 Å². The molecule has 4 rings (SSSR count). The third kappa shape index (κ3) is 2.75. The van der Waals surface area contributed by atoms with Crippen molar-refractivity contribution in [2.24, 2.45) is 11.3 Å². The quantitative estimate of drug-likeness (QED) is 0.922. The molecule has 0 radical (unpaired) electrons. The second kappa shape index (κ2) is 5.65. The van der Waals surface area contributed by atoms with E-state index in [1.165, 1.54) is 19.3 Å². The van der Waals surface area contributed by atoms with Crippen LogP contribution >= 0.6 is 0 Å². The smallest absolute Gasteiger partial charge is 0.271 e. The molecule has 23 heavy (non-hydrogen) atoms. The van der Waals surface area contributed by atoms with Crippen LogP contribution in [0.3, 0.4) is 0 Å². The molecule has 1 aromatic rings. The predicted molar refractivity (Wildman–Crippen MR) is 84.7 cm³/mol. The summed E-state index contributed by atoms with van der Waals surface area (Å²) in [5, 5.41) is 6.59. The topological polar surface area (TPSA) is 69.3 Å². The molecule has 3 heterocycles. The summed E-state index contributed by atoms with van der Waals surface area (Å²) in [7, 11) is 0. The molecule has 2 amide bonds. The summed E-state index contributed by atoms with van der Waals surface area (Å²) in [4.78, 5) is 28.7. The number of rotatable bonds is 3. The second-order valence-corrected chi connectivity index (χ2v) is 7.51. The van der Waals surface area contributed by atoms with E-state index < -0.39 is 0 Å². The van der Waals surface area contributed by atoms with Crippen molar-refractivity contribution in [2.75, 3.05) is 26.2 Å². The first kappa shape index (κ1) is 14.7. The lowest BCUT2D eigenvalue weighted by atomic mass is 9.77. The monoisotopic (exact) mass is 316 g/mol. The summed E-state index contributed by atoms with van der Waals surface area (Å²) >= 11 is 0. The van der Waals surface area contributed by atoms with Crippen molar-refractivity contribution in [1.82, 2.24) is 20.0 Å². The van der Waals surface area contributed by atoms with Gasteiger partial charge in [-0.05, 0) is 37.7 Å². The van der Waals surface area contributed by atoms with Gasteiger partial charge in [-0.25, -0.2) is 0 Å². The first-order valence-electron chi connectivity index (χ1n) is 8.72. The number of H-pyrrole nitrogens is 1. The number of hydrogen-bond donors (Lipinski definition) is 1. The minimum absolute atomic E-state index is 0.0213. The van der Waals surface area contributed by atoms with Crippen LogP contribution in [0.5, 0.6) is 0 Å².